The van der Waals surface area contributed by atoms with Crippen molar-refractivity contribution in [3.63, 3.8) is 0 Å². The lowest BCUT2D eigenvalue weighted by Crippen LogP contribution is -2.61. The molecule has 0 radical (unpaired) electrons. The molecule has 5 heteroatoms. The largest absolute Gasteiger partial charge is 0.311 e. The zero-order valence-electron chi connectivity index (χ0n) is 32.1. The smallest absolute Gasteiger partial charge is 0.252 e. The first-order valence-electron chi connectivity index (χ1n) is 19.4. The molecule has 7 aromatic carbocycles. The van der Waals surface area contributed by atoms with E-state index in [2.05, 4.69) is 191 Å². The first kappa shape index (κ1) is 33.0. The lowest BCUT2D eigenvalue weighted by atomic mass is 9.33. The van der Waals surface area contributed by atoms with E-state index in [1.54, 1.807) is 0 Å². The van der Waals surface area contributed by atoms with Crippen molar-refractivity contribution in [3.05, 3.63) is 151 Å². The summed E-state index contributed by atoms with van der Waals surface area (Å²) in [5, 5.41) is 5.35. The SMILES string of the molecule is CC(C)(C)c1ccc(N2c3cc4sc5ccccc5c4cc3B3c4cc5c(cc4N(c4ccc(C(C)(C)C)cc4)c4cccc2c43)sc2ccccc25)cc1. The highest BCUT2D eigenvalue weighted by molar-refractivity contribution is 7.26. The summed E-state index contributed by atoms with van der Waals surface area (Å²) in [6.07, 6.45) is 0. The fraction of sp³-hybridized carbons (Fsp3) is 0.160. The summed E-state index contributed by atoms with van der Waals surface area (Å²) >= 11 is 3.80. The number of anilines is 6. The molecular weight excluding hydrogens is 704 g/mol. The summed E-state index contributed by atoms with van der Waals surface area (Å²) in [5.41, 5.74) is 14.3. The lowest BCUT2D eigenvalue weighted by molar-refractivity contribution is 0.590. The Balaban J connectivity index is 1.24. The summed E-state index contributed by atoms with van der Waals surface area (Å²) in [6, 6.07) is 53.5. The Morgan fingerprint density at radius 3 is 1.24 bits per heavy atom. The molecule has 0 aliphatic carbocycles. The molecule has 0 atom stereocenters. The van der Waals surface area contributed by atoms with E-state index in [0.717, 1.165) is 0 Å². The maximum Gasteiger partial charge on any atom is 0.252 e. The number of hydrogen-bond acceptors (Lipinski definition) is 4. The van der Waals surface area contributed by atoms with Crippen molar-refractivity contribution in [2.75, 3.05) is 9.80 Å². The highest BCUT2D eigenvalue weighted by Gasteiger charge is 2.44. The summed E-state index contributed by atoms with van der Waals surface area (Å²) < 4.78 is 5.32. The van der Waals surface area contributed by atoms with Gasteiger partial charge in [0.2, 0.25) is 0 Å². The van der Waals surface area contributed by atoms with Crippen LogP contribution in [0, 0.1) is 0 Å². The second kappa shape index (κ2) is 11.6. The standard InChI is InChI=1S/C50H41BN2S2/c1-49(2,3)30-18-22-32(23-19-30)52-40-14-11-15-41-48(40)51(38-26-36-34-12-7-9-16-44(34)54-46(36)28-42(38)52)39-27-37-35-13-8-10-17-45(35)55-47(37)29-43(39)53(41)33-24-20-31(21-25-33)50(4,5)6/h7-29H,1-6H3. The minimum atomic E-state index is 0.0533. The van der Waals surface area contributed by atoms with Crippen LogP contribution in [-0.4, -0.2) is 6.71 Å². The van der Waals surface area contributed by atoms with Gasteiger partial charge in [-0.3, -0.25) is 0 Å². The van der Waals surface area contributed by atoms with Gasteiger partial charge in [-0.15, -0.1) is 22.7 Å². The molecule has 2 aliphatic heterocycles. The summed E-state index contributed by atoms with van der Waals surface area (Å²) in [5.74, 6) is 0. The molecule has 55 heavy (non-hydrogen) atoms. The van der Waals surface area contributed by atoms with Gasteiger partial charge in [0.15, 0.2) is 0 Å². The molecule has 2 nitrogen and oxygen atoms in total. The zero-order valence-corrected chi connectivity index (χ0v) is 33.7. The molecule has 0 unspecified atom stereocenters. The zero-order chi connectivity index (χ0) is 37.4. The Labute approximate surface area is 331 Å². The van der Waals surface area contributed by atoms with Crippen molar-refractivity contribution in [2.24, 2.45) is 0 Å². The number of fused-ring (bicyclic) bond motifs is 10. The van der Waals surface area contributed by atoms with Crippen molar-refractivity contribution in [1.29, 1.82) is 0 Å². The van der Waals surface area contributed by atoms with Crippen LogP contribution in [0.5, 0.6) is 0 Å². The van der Waals surface area contributed by atoms with Gasteiger partial charge in [0.05, 0.1) is 0 Å². The summed E-state index contributed by atoms with van der Waals surface area (Å²) in [7, 11) is 0. The van der Waals surface area contributed by atoms with Crippen LogP contribution in [0.25, 0.3) is 40.3 Å². The Hall–Kier alpha value is -5.36. The number of benzene rings is 7. The van der Waals surface area contributed by atoms with E-state index < -0.39 is 0 Å². The third kappa shape index (κ3) is 4.92. The second-order valence-corrected chi connectivity index (χ2v) is 19.6. The molecule has 266 valence electrons. The van der Waals surface area contributed by atoms with E-state index in [4.69, 9.17) is 0 Å². The van der Waals surface area contributed by atoms with Crippen LogP contribution in [0.3, 0.4) is 0 Å². The number of nitrogens with zero attached hydrogens (tertiary/aromatic N) is 2. The normalized spacial score (nSPS) is 13.9. The predicted molar refractivity (Wildman–Crippen MR) is 244 cm³/mol. The molecule has 2 aromatic heterocycles. The Bertz CT molecular complexity index is 2810. The number of thiophene rings is 2. The molecule has 0 saturated heterocycles. The fourth-order valence-corrected chi connectivity index (χ4v) is 11.4. The fourth-order valence-electron chi connectivity index (χ4n) is 9.15. The third-order valence-corrected chi connectivity index (χ3v) is 14.2. The van der Waals surface area contributed by atoms with Gasteiger partial charge in [-0.1, -0.05) is 120 Å². The third-order valence-electron chi connectivity index (χ3n) is 12.0. The Morgan fingerprint density at radius 2 is 0.818 bits per heavy atom. The van der Waals surface area contributed by atoms with Crippen LogP contribution in [0.4, 0.5) is 34.1 Å². The first-order valence-corrected chi connectivity index (χ1v) is 21.0. The Kier molecular flexibility index (Phi) is 6.95. The van der Waals surface area contributed by atoms with Crippen molar-refractivity contribution >= 4 is 120 Å². The van der Waals surface area contributed by atoms with Crippen molar-refractivity contribution < 1.29 is 0 Å². The van der Waals surface area contributed by atoms with Crippen molar-refractivity contribution in [1.82, 2.24) is 0 Å². The molecule has 0 fully saturated rings. The van der Waals surface area contributed by atoms with E-state index in [1.807, 2.05) is 22.7 Å². The van der Waals surface area contributed by atoms with E-state index >= 15 is 0 Å². The molecule has 11 rings (SSSR count). The van der Waals surface area contributed by atoms with Crippen LogP contribution in [-0.2, 0) is 10.8 Å². The van der Waals surface area contributed by atoms with Gasteiger partial charge >= 0.3 is 0 Å². The van der Waals surface area contributed by atoms with Gasteiger partial charge in [-0.2, -0.15) is 0 Å². The number of rotatable bonds is 2. The number of hydrogen-bond donors (Lipinski definition) is 0. The summed E-state index contributed by atoms with van der Waals surface area (Å²) in [6.45, 7) is 13.8. The van der Waals surface area contributed by atoms with Gasteiger partial charge in [0.1, 0.15) is 0 Å². The second-order valence-electron chi connectivity index (χ2n) is 17.4. The average molecular weight is 745 g/mol. The Morgan fingerprint density at radius 1 is 0.400 bits per heavy atom. The maximum absolute atomic E-state index is 2.55. The highest BCUT2D eigenvalue weighted by Crippen LogP contribution is 2.48. The quantitative estimate of drug-likeness (QED) is 0.163. The molecule has 0 amide bonds. The highest BCUT2D eigenvalue weighted by atomic mass is 32.1. The van der Waals surface area contributed by atoms with E-state index in [1.165, 1.54) is 102 Å². The molecule has 4 heterocycles. The van der Waals surface area contributed by atoms with Crippen LogP contribution < -0.4 is 26.2 Å². The van der Waals surface area contributed by atoms with Crippen LogP contribution in [0.1, 0.15) is 52.7 Å². The van der Waals surface area contributed by atoms with Crippen LogP contribution >= 0.6 is 22.7 Å². The lowest BCUT2D eigenvalue weighted by Gasteiger charge is -2.44. The maximum atomic E-state index is 2.55. The van der Waals surface area contributed by atoms with Crippen molar-refractivity contribution in [3.8, 4) is 0 Å². The molecule has 0 saturated carbocycles. The van der Waals surface area contributed by atoms with Gasteiger partial charge < -0.3 is 9.80 Å². The van der Waals surface area contributed by atoms with Gasteiger partial charge in [-0.05, 0) is 110 Å². The molecular formula is C50H41BN2S2. The van der Waals surface area contributed by atoms with Crippen molar-refractivity contribution in [2.45, 2.75) is 52.4 Å². The molecule has 0 N–H and O–H groups in total. The molecule has 9 aromatic rings. The van der Waals surface area contributed by atoms with Crippen LogP contribution in [0.15, 0.2) is 140 Å². The van der Waals surface area contributed by atoms with E-state index in [-0.39, 0.29) is 17.5 Å². The van der Waals surface area contributed by atoms with E-state index in [9.17, 15) is 0 Å². The van der Waals surface area contributed by atoms with Crippen LogP contribution in [0.2, 0.25) is 0 Å². The predicted octanol–water partition coefficient (Wildman–Crippen LogP) is 13.1. The van der Waals surface area contributed by atoms with Gasteiger partial charge in [0, 0.05) is 63.7 Å². The summed E-state index contributed by atoms with van der Waals surface area (Å²) in [4.78, 5) is 5.09. The monoisotopic (exact) mass is 744 g/mol. The topological polar surface area (TPSA) is 6.48 Å². The molecule has 0 bridgehead atoms. The van der Waals surface area contributed by atoms with E-state index in [0.29, 0.717) is 0 Å². The van der Waals surface area contributed by atoms with Gasteiger partial charge in [-0.25, -0.2) is 0 Å². The average Bonchev–Trinajstić information content (AvgIpc) is 3.73. The minimum Gasteiger partial charge on any atom is -0.311 e. The molecule has 2 aliphatic rings. The molecule has 0 spiro atoms. The van der Waals surface area contributed by atoms with Gasteiger partial charge in [0.25, 0.3) is 6.71 Å². The first-order chi connectivity index (χ1) is 26.5. The minimum absolute atomic E-state index is 0.0533.